The number of carbonyl (C=O) groups is 1. The number of carbonyl (C=O) groups excluding carboxylic acids is 1. The normalized spacial score (nSPS) is 29.5. The summed E-state index contributed by atoms with van der Waals surface area (Å²) < 4.78 is 4.83. The molecular formula is C5H7ClO2. The number of hydrogen-bond donors (Lipinski definition) is 0. The smallest absolute Gasteiger partial charge is 0.227 e. The Balaban J connectivity index is 2.32. The topological polar surface area (TPSA) is 29.6 Å². The van der Waals surface area contributed by atoms with Crippen molar-refractivity contribution in [3.05, 3.63) is 0 Å². The Morgan fingerprint density at radius 3 is 2.62 bits per heavy atom. The van der Waals surface area contributed by atoms with Crippen LogP contribution in [0.25, 0.3) is 0 Å². The lowest BCUT2D eigenvalue weighted by molar-refractivity contribution is -0.115. The molecule has 1 rings (SSSR count). The second kappa shape index (κ2) is 2.03. The molecule has 8 heavy (non-hydrogen) atoms. The summed E-state index contributed by atoms with van der Waals surface area (Å²) in [6.45, 7) is 2.46. The van der Waals surface area contributed by atoms with Gasteiger partial charge in [-0.15, -0.1) is 0 Å². The minimum atomic E-state index is -0.299. The number of epoxide rings is 1. The molecule has 46 valence electrons. The van der Waals surface area contributed by atoms with Gasteiger partial charge < -0.3 is 4.74 Å². The molecule has 0 spiro atoms. The molecule has 0 aliphatic carbocycles. The second-order valence-corrected chi connectivity index (χ2v) is 2.34. The van der Waals surface area contributed by atoms with Crippen LogP contribution in [-0.2, 0) is 9.53 Å². The SMILES string of the molecule is CC(C(=O)Cl)C1CO1. The van der Waals surface area contributed by atoms with Gasteiger partial charge in [0.25, 0.3) is 0 Å². The minimum Gasteiger partial charge on any atom is -0.372 e. The minimum absolute atomic E-state index is 0.111. The quantitative estimate of drug-likeness (QED) is 0.413. The Hall–Kier alpha value is -0.0800. The fourth-order valence-electron chi connectivity index (χ4n) is 0.490. The van der Waals surface area contributed by atoms with Crippen LogP contribution in [0.4, 0.5) is 0 Å². The maximum atomic E-state index is 10.3. The fourth-order valence-corrected chi connectivity index (χ4v) is 0.631. The molecule has 0 aromatic rings. The zero-order valence-corrected chi connectivity index (χ0v) is 5.31. The Bertz CT molecular complexity index is 109. The van der Waals surface area contributed by atoms with E-state index in [2.05, 4.69) is 0 Å². The third-order valence-electron chi connectivity index (χ3n) is 1.27. The summed E-state index contributed by atoms with van der Waals surface area (Å²) in [4.78, 5) is 10.3. The van der Waals surface area contributed by atoms with E-state index >= 15 is 0 Å². The first-order valence-electron chi connectivity index (χ1n) is 2.53. The van der Waals surface area contributed by atoms with Crippen molar-refractivity contribution in [2.75, 3.05) is 6.61 Å². The molecule has 2 nitrogen and oxygen atoms in total. The molecule has 1 heterocycles. The highest BCUT2D eigenvalue weighted by molar-refractivity contribution is 6.64. The Labute approximate surface area is 52.8 Å². The molecular weight excluding hydrogens is 128 g/mol. The average Bonchev–Trinajstić information content (AvgIpc) is 2.43. The highest BCUT2D eigenvalue weighted by Gasteiger charge is 2.33. The zero-order chi connectivity index (χ0) is 6.15. The summed E-state index contributed by atoms with van der Waals surface area (Å²) >= 11 is 5.14. The predicted molar refractivity (Wildman–Crippen MR) is 29.8 cm³/mol. The number of halogens is 1. The van der Waals surface area contributed by atoms with Gasteiger partial charge in [-0.3, -0.25) is 4.79 Å². The van der Waals surface area contributed by atoms with E-state index in [0.29, 0.717) is 6.61 Å². The summed E-state index contributed by atoms with van der Waals surface area (Å²) in [5, 5.41) is -0.299. The van der Waals surface area contributed by atoms with Crippen molar-refractivity contribution in [3.63, 3.8) is 0 Å². The second-order valence-electron chi connectivity index (χ2n) is 1.96. The molecule has 1 aliphatic heterocycles. The third kappa shape index (κ3) is 1.20. The van der Waals surface area contributed by atoms with E-state index < -0.39 is 0 Å². The summed E-state index contributed by atoms with van der Waals surface area (Å²) in [5.74, 6) is -0.114. The van der Waals surface area contributed by atoms with Gasteiger partial charge in [0, 0.05) is 0 Å². The van der Waals surface area contributed by atoms with E-state index in [0.717, 1.165) is 0 Å². The van der Waals surface area contributed by atoms with Gasteiger partial charge in [0.2, 0.25) is 5.24 Å². The molecule has 1 aliphatic rings. The standard InChI is InChI=1S/C5H7ClO2/c1-3(5(6)7)4-2-8-4/h3-4H,2H2,1H3. The summed E-state index contributed by atoms with van der Waals surface area (Å²) in [5.41, 5.74) is 0. The first kappa shape index (κ1) is 6.05. The van der Waals surface area contributed by atoms with Crippen molar-refractivity contribution in [3.8, 4) is 0 Å². The monoisotopic (exact) mass is 134 g/mol. The van der Waals surface area contributed by atoms with Gasteiger partial charge in [-0.25, -0.2) is 0 Å². The van der Waals surface area contributed by atoms with E-state index in [1.54, 1.807) is 6.92 Å². The lowest BCUT2D eigenvalue weighted by Gasteiger charge is -1.96. The van der Waals surface area contributed by atoms with Crippen LogP contribution in [0, 0.1) is 5.92 Å². The van der Waals surface area contributed by atoms with Gasteiger partial charge in [0.15, 0.2) is 0 Å². The van der Waals surface area contributed by atoms with Gasteiger partial charge in [0.1, 0.15) is 0 Å². The van der Waals surface area contributed by atoms with Crippen molar-refractivity contribution in [1.82, 2.24) is 0 Å². The molecule has 0 aromatic carbocycles. The molecule has 0 bridgehead atoms. The van der Waals surface area contributed by atoms with Crippen LogP contribution < -0.4 is 0 Å². The fraction of sp³-hybridized carbons (Fsp3) is 0.800. The van der Waals surface area contributed by atoms with Gasteiger partial charge in [-0.1, -0.05) is 6.92 Å². The van der Waals surface area contributed by atoms with Gasteiger partial charge >= 0.3 is 0 Å². The lowest BCUT2D eigenvalue weighted by atomic mass is 10.1. The van der Waals surface area contributed by atoms with Crippen molar-refractivity contribution in [2.45, 2.75) is 13.0 Å². The maximum Gasteiger partial charge on any atom is 0.227 e. The number of ether oxygens (including phenoxy) is 1. The van der Waals surface area contributed by atoms with Crippen LogP contribution in [0.3, 0.4) is 0 Å². The largest absolute Gasteiger partial charge is 0.372 e. The van der Waals surface area contributed by atoms with E-state index in [9.17, 15) is 4.79 Å². The summed E-state index contributed by atoms with van der Waals surface area (Å²) in [6.07, 6.45) is 0.111. The first-order valence-corrected chi connectivity index (χ1v) is 2.90. The Morgan fingerprint density at radius 2 is 2.50 bits per heavy atom. The van der Waals surface area contributed by atoms with Crippen LogP contribution in [-0.4, -0.2) is 18.0 Å². The van der Waals surface area contributed by atoms with Crippen LogP contribution in [0.5, 0.6) is 0 Å². The zero-order valence-electron chi connectivity index (χ0n) is 4.56. The molecule has 0 saturated carbocycles. The van der Waals surface area contributed by atoms with Crippen molar-refractivity contribution in [2.24, 2.45) is 5.92 Å². The molecule has 3 heteroatoms. The Kier molecular flexibility index (Phi) is 1.54. The van der Waals surface area contributed by atoms with E-state index in [-0.39, 0.29) is 17.3 Å². The van der Waals surface area contributed by atoms with Gasteiger partial charge in [-0.2, -0.15) is 0 Å². The van der Waals surface area contributed by atoms with Crippen LogP contribution in [0.1, 0.15) is 6.92 Å². The van der Waals surface area contributed by atoms with Crippen molar-refractivity contribution in [1.29, 1.82) is 0 Å². The van der Waals surface area contributed by atoms with Crippen molar-refractivity contribution < 1.29 is 9.53 Å². The van der Waals surface area contributed by atoms with E-state index in [4.69, 9.17) is 16.3 Å². The third-order valence-corrected chi connectivity index (χ3v) is 1.62. The first-order chi connectivity index (χ1) is 3.72. The summed E-state index contributed by atoms with van der Waals surface area (Å²) in [7, 11) is 0. The van der Waals surface area contributed by atoms with Crippen LogP contribution in [0.2, 0.25) is 0 Å². The average molecular weight is 135 g/mol. The Morgan fingerprint density at radius 1 is 2.00 bits per heavy atom. The van der Waals surface area contributed by atoms with Crippen molar-refractivity contribution >= 4 is 16.8 Å². The molecule has 0 radical (unpaired) electrons. The van der Waals surface area contributed by atoms with E-state index in [1.807, 2.05) is 0 Å². The number of rotatable bonds is 2. The highest BCUT2D eigenvalue weighted by Crippen LogP contribution is 2.21. The van der Waals surface area contributed by atoms with Gasteiger partial charge in [-0.05, 0) is 11.6 Å². The molecule has 2 atom stereocenters. The summed E-state index contributed by atoms with van der Waals surface area (Å²) in [6, 6.07) is 0. The molecule has 1 saturated heterocycles. The molecule has 2 unspecified atom stereocenters. The molecule has 0 aromatic heterocycles. The molecule has 0 N–H and O–H groups in total. The van der Waals surface area contributed by atoms with E-state index in [1.165, 1.54) is 0 Å². The maximum absolute atomic E-state index is 10.3. The predicted octanol–water partition coefficient (Wildman–Crippen LogP) is 0.787. The van der Waals surface area contributed by atoms with Gasteiger partial charge in [0.05, 0.1) is 18.6 Å². The number of hydrogen-bond acceptors (Lipinski definition) is 2. The lowest BCUT2D eigenvalue weighted by Crippen LogP contribution is -2.10. The highest BCUT2D eigenvalue weighted by atomic mass is 35.5. The molecule has 0 amide bonds. The van der Waals surface area contributed by atoms with Crippen LogP contribution in [0.15, 0.2) is 0 Å². The van der Waals surface area contributed by atoms with Crippen LogP contribution >= 0.6 is 11.6 Å². The molecule has 1 fully saturated rings.